The van der Waals surface area contributed by atoms with E-state index in [9.17, 15) is 12.8 Å². The maximum Gasteiger partial charge on any atom is 0.316 e. The number of nitrogens with zero attached hydrogens (tertiary/aromatic N) is 3. The lowest BCUT2D eigenvalue weighted by molar-refractivity contribution is 0.119. The molecule has 26 heavy (non-hydrogen) atoms. The molecule has 10 heteroatoms. The van der Waals surface area contributed by atoms with Gasteiger partial charge in [-0.15, -0.1) is 0 Å². The van der Waals surface area contributed by atoms with E-state index < -0.39 is 21.9 Å². The summed E-state index contributed by atoms with van der Waals surface area (Å²) in [5.41, 5.74) is 0. The highest BCUT2D eigenvalue weighted by Crippen LogP contribution is 2.29. The van der Waals surface area contributed by atoms with Crippen LogP contribution in [0, 0.1) is 5.82 Å². The molecule has 1 aliphatic rings. The molecule has 1 atom stereocenters. The summed E-state index contributed by atoms with van der Waals surface area (Å²) in [7, 11) is -2.59. The molecule has 0 radical (unpaired) electrons. The highest BCUT2D eigenvalue weighted by molar-refractivity contribution is 7.89. The number of hydrogen-bond acceptors (Lipinski definition) is 6. The highest BCUT2D eigenvalue weighted by Gasteiger charge is 2.33. The zero-order valence-corrected chi connectivity index (χ0v) is 15.5. The summed E-state index contributed by atoms with van der Waals surface area (Å²) in [6.45, 7) is 0.414. The zero-order valence-electron chi connectivity index (χ0n) is 13.9. The van der Waals surface area contributed by atoms with Gasteiger partial charge in [-0.2, -0.15) is 4.31 Å². The number of sulfonamides is 1. The van der Waals surface area contributed by atoms with E-state index in [2.05, 4.69) is 9.97 Å². The first kappa shape index (κ1) is 18.8. The lowest BCUT2D eigenvalue weighted by atomic mass is 10.1. The van der Waals surface area contributed by atoms with Crippen LogP contribution in [0.2, 0.25) is 5.02 Å². The van der Waals surface area contributed by atoms with Crippen LogP contribution in [0.1, 0.15) is 12.8 Å². The number of piperidine rings is 1. The van der Waals surface area contributed by atoms with Crippen molar-refractivity contribution in [2.45, 2.75) is 23.8 Å². The molecule has 1 fully saturated rings. The minimum Gasteiger partial charge on any atom is -0.495 e. The maximum absolute atomic E-state index is 13.6. The number of rotatable bonds is 5. The van der Waals surface area contributed by atoms with Crippen molar-refractivity contribution in [2.24, 2.45) is 0 Å². The third kappa shape index (κ3) is 4.05. The van der Waals surface area contributed by atoms with Gasteiger partial charge in [0.2, 0.25) is 10.0 Å². The Morgan fingerprint density at radius 3 is 2.73 bits per heavy atom. The van der Waals surface area contributed by atoms with Crippen LogP contribution in [0.15, 0.2) is 35.5 Å². The van der Waals surface area contributed by atoms with E-state index in [4.69, 9.17) is 21.1 Å². The summed E-state index contributed by atoms with van der Waals surface area (Å²) >= 11 is 5.74. The second kappa shape index (κ2) is 7.73. The molecular formula is C16H17ClFN3O4S. The van der Waals surface area contributed by atoms with Gasteiger partial charge >= 0.3 is 6.01 Å². The molecule has 0 aliphatic carbocycles. The van der Waals surface area contributed by atoms with Crippen molar-refractivity contribution in [2.75, 3.05) is 20.2 Å². The van der Waals surface area contributed by atoms with E-state index in [0.29, 0.717) is 24.4 Å². The molecule has 1 aromatic heterocycles. The average Bonchev–Trinajstić information content (AvgIpc) is 2.64. The third-order valence-corrected chi connectivity index (χ3v) is 6.03. The first-order valence-electron chi connectivity index (χ1n) is 7.88. The summed E-state index contributed by atoms with van der Waals surface area (Å²) in [6.07, 6.45) is 3.63. The van der Waals surface area contributed by atoms with Crippen LogP contribution < -0.4 is 9.47 Å². The molecule has 2 heterocycles. The minimum atomic E-state index is -3.93. The zero-order chi connectivity index (χ0) is 18.7. The molecule has 0 bridgehead atoms. The average molecular weight is 402 g/mol. The molecule has 3 rings (SSSR count). The van der Waals surface area contributed by atoms with Gasteiger partial charge in [-0.25, -0.2) is 22.8 Å². The van der Waals surface area contributed by atoms with Crippen LogP contribution in [0.25, 0.3) is 0 Å². The smallest absolute Gasteiger partial charge is 0.316 e. The second-order valence-electron chi connectivity index (χ2n) is 5.72. The van der Waals surface area contributed by atoms with E-state index in [0.717, 1.165) is 12.1 Å². The summed E-state index contributed by atoms with van der Waals surface area (Å²) in [6, 6.07) is 3.53. The lowest BCUT2D eigenvalue weighted by Crippen LogP contribution is -2.44. The second-order valence-corrected chi connectivity index (χ2v) is 8.07. The van der Waals surface area contributed by atoms with Crippen LogP contribution in [-0.2, 0) is 10.0 Å². The molecule has 7 nitrogen and oxygen atoms in total. The predicted molar refractivity (Wildman–Crippen MR) is 92.4 cm³/mol. The van der Waals surface area contributed by atoms with Crippen molar-refractivity contribution in [1.82, 2.24) is 14.3 Å². The fraction of sp³-hybridized carbons (Fsp3) is 0.375. The fourth-order valence-corrected chi connectivity index (χ4v) is 4.50. The molecule has 1 aromatic carbocycles. The van der Waals surface area contributed by atoms with Crippen molar-refractivity contribution >= 4 is 21.6 Å². The molecule has 0 amide bonds. The van der Waals surface area contributed by atoms with Crippen LogP contribution in [0.4, 0.5) is 4.39 Å². The van der Waals surface area contributed by atoms with Crippen molar-refractivity contribution in [1.29, 1.82) is 0 Å². The summed E-state index contributed by atoms with van der Waals surface area (Å²) in [5, 5.41) is 0.378. The number of benzene rings is 1. The fourth-order valence-electron chi connectivity index (χ4n) is 2.72. The van der Waals surface area contributed by atoms with Gasteiger partial charge in [0, 0.05) is 6.54 Å². The molecule has 1 saturated heterocycles. The van der Waals surface area contributed by atoms with E-state index in [1.165, 1.54) is 29.9 Å². The summed E-state index contributed by atoms with van der Waals surface area (Å²) < 4.78 is 51.5. The van der Waals surface area contributed by atoms with Gasteiger partial charge in [0.05, 0.1) is 31.1 Å². The van der Waals surface area contributed by atoms with Crippen molar-refractivity contribution in [3.05, 3.63) is 41.4 Å². The molecule has 0 saturated carbocycles. The number of halogens is 2. The van der Waals surface area contributed by atoms with Crippen LogP contribution >= 0.6 is 11.6 Å². The van der Waals surface area contributed by atoms with Gasteiger partial charge in [0.1, 0.15) is 22.6 Å². The maximum atomic E-state index is 13.6. The Hall–Kier alpha value is -1.97. The predicted octanol–water partition coefficient (Wildman–Crippen LogP) is 2.51. The number of aromatic nitrogens is 2. The van der Waals surface area contributed by atoms with E-state index in [1.54, 1.807) is 0 Å². The van der Waals surface area contributed by atoms with Gasteiger partial charge in [0.15, 0.2) is 0 Å². The van der Waals surface area contributed by atoms with Gasteiger partial charge < -0.3 is 9.47 Å². The van der Waals surface area contributed by atoms with E-state index in [-0.39, 0.29) is 23.2 Å². The Morgan fingerprint density at radius 2 is 2.04 bits per heavy atom. The van der Waals surface area contributed by atoms with Gasteiger partial charge in [0.25, 0.3) is 0 Å². The Morgan fingerprint density at radius 1 is 1.31 bits per heavy atom. The first-order chi connectivity index (χ1) is 12.4. The highest BCUT2D eigenvalue weighted by atomic mass is 35.5. The number of hydrogen-bond donors (Lipinski definition) is 0. The SMILES string of the molecule is COc1ccc(F)cc1S(=O)(=O)N1CCCC(Oc2ncc(Cl)cn2)C1. The van der Waals surface area contributed by atoms with Crippen LogP contribution in [0.5, 0.6) is 11.8 Å². The molecule has 1 unspecified atom stereocenters. The molecule has 2 aromatic rings. The first-order valence-corrected chi connectivity index (χ1v) is 9.70. The summed E-state index contributed by atoms with van der Waals surface area (Å²) in [4.78, 5) is 7.70. The van der Waals surface area contributed by atoms with Gasteiger partial charge in [-0.3, -0.25) is 0 Å². The monoisotopic (exact) mass is 401 g/mol. The molecule has 0 N–H and O–H groups in total. The van der Waals surface area contributed by atoms with E-state index >= 15 is 0 Å². The quantitative estimate of drug-likeness (QED) is 0.765. The largest absolute Gasteiger partial charge is 0.495 e. The van der Waals surface area contributed by atoms with Crippen LogP contribution in [-0.4, -0.2) is 49.0 Å². The topological polar surface area (TPSA) is 81.6 Å². The molecule has 140 valence electrons. The molecular weight excluding hydrogens is 385 g/mol. The Labute approximate surface area is 155 Å². The number of ether oxygens (including phenoxy) is 2. The van der Waals surface area contributed by atoms with Crippen molar-refractivity contribution in [3.63, 3.8) is 0 Å². The third-order valence-electron chi connectivity index (χ3n) is 3.95. The minimum absolute atomic E-state index is 0.0930. The lowest BCUT2D eigenvalue weighted by Gasteiger charge is -2.31. The molecule has 0 spiro atoms. The van der Waals surface area contributed by atoms with E-state index in [1.807, 2.05) is 0 Å². The summed E-state index contributed by atoms with van der Waals surface area (Å²) in [5.74, 6) is -0.556. The Bertz CT molecular complexity index is 880. The van der Waals surface area contributed by atoms with Gasteiger partial charge in [-0.05, 0) is 31.0 Å². The van der Waals surface area contributed by atoms with Crippen molar-refractivity contribution < 1.29 is 22.3 Å². The standard InChI is InChI=1S/C16H17ClFN3O4S/c1-24-14-5-4-12(18)7-15(14)26(22,23)21-6-2-3-13(10-21)25-16-19-8-11(17)9-20-16/h4-5,7-9,13H,2-3,6,10H2,1H3. The normalized spacial score (nSPS) is 18.5. The van der Waals surface area contributed by atoms with Gasteiger partial charge in [-0.1, -0.05) is 11.6 Å². The molecule has 1 aliphatic heterocycles. The van der Waals surface area contributed by atoms with Crippen molar-refractivity contribution in [3.8, 4) is 11.8 Å². The Balaban J connectivity index is 1.80. The number of methoxy groups -OCH3 is 1. The van der Waals surface area contributed by atoms with Crippen LogP contribution in [0.3, 0.4) is 0 Å². The Kier molecular flexibility index (Phi) is 5.59.